The number of carbonyl (C=O) groups is 1. The lowest BCUT2D eigenvalue weighted by Gasteiger charge is -2.32. The van der Waals surface area contributed by atoms with Gasteiger partial charge in [-0.2, -0.15) is 4.98 Å². The molecule has 2 rings (SSSR count). The zero-order valence-electron chi connectivity index (χ0n) is 9.81. The van der Waals surface area contributed by atoms with E-state index in [0.717, 1.165) is 6.42 Å². The van der Waals surface area contributed by atoms with Crippen molar-refractivity contribution < 1.29 is 19.2 Å². The zero-order valence-corrected chi connectivity index (χ0v) is 9.81. The summed E-state index contributed by atoms with van der Waals surface area (Å²) in [5.41, 5.74) is -0.911. The third-order valence-corrected chi connectivity index (χ3v) is 2.91. The molecule has 1 N–H and O–H groups in total. The van der Waals surface area contributed by atoms with Gasteiger partial charge in [-0.05, 0) is 26.2 Å². The number of ether oxygens (including phenoxy) is 1. The molecule has 1 aromatic heterocycles. The highest BCUT2D eigenvalue weighted by atomic mass is 16.5. The normalized spacial score (nSPS) is 17.5. The van der Waals surface area contributed by atoms with E-state index in [-0.39, 0.29) is 12.4 Å². The van der Waals surface area contributed by atoms with Crippen LogP contribution in [0.5, 0.6) is 0 Å². The zero-order chi connectivity index (χ0) is 12.3. The molecular weight excluding hydrogens is 224 g/mol. The van der Waals surface area contributed by atoms with Crippen molar-refractivity contribution in [2.75, 3.05) is 6.61 Å². The van der Waals surface area contributed by atoms with Gasteiger partial charge >= 0.3 is 5.97 Å². The van der Waals surface area contributed by atoms with Gasteiger partial charge in [-0.1, -0.05) is 5.16 Å². The standard InChI is InChI=1S/C11H16N2O4/c1-2-16-9(14)5-4-8-12-10(13-17-8)11(15)6-3-7-11/h15H,2-7H2,1H3. The molecule has 1 aliphatic carbocycles. The summed E-state index contributed by atoms with van der Waals surface area (Å²) < 4.78 is 9.78. The molecule has 0 aromatic carbocycles. The molecule has 1 saturated carbocycles. The number of aromatic nitrogens is 2. The van der Waals surface area contributed by atoms with E-state index >= 15 is 0 Å². The molecule has 94 valence electrons. The summed E-state index contributed by atoms with van der Waals surface area (Å²) in [6, 6.07) is 0. The van der Waals surface area contributed by atoms with Gasteiger partial charge in [0.1, 0.15) is 5.60 Å². The van der Waals surface area contributed by atoms with E-state index in [9.17, 15) is 9.90 Å². The van der Waals surface area contributed by atoms with Gasteiger partial charge < -0.3 is 14.4 Å². The highest BCUT2D eigenvalue weighted by Gasteiger charge is 2.40. The van der Waals surface area contributed by atoms with Crippen LogP contribution in [0.2, 0.25) is 0 Å². The van der Waals surface area contributed by atoms with Crippen LogP contribution in [0.25, 0.3) is 0 Å². The summed E-state index contributed by atoms with van der Waals surface area (Å²) in [5, 5.41) is 13.7. The maximum Gasteiger partial charge on any atom is 0.306 e. The van der Waals surface area contributed by atoms with E-state index < -0.39 is 5.60 Å². The van der Waals surface area contributed by atoms with E-state index in [4.69, 9.17) is 9.26 Å². The Bertz CT molecular complexity index is 398. The number of aryl methyl sites for hydroxylation is 1. The summed E-state index contributed by atoms with van der Waals surface area (Å²) in [6.07, 6.45) is 2.88. The molecule has 0 atom stereocenters. The van der Waals surface area contributed by atoms with Crippen LogP contribution < -0.4 is 0 Å². The summed E-state index contributed by atoms with van der Waals surface area (Å²) in [6.45, 7) is 2.13. The van der Waals surface area contributed by atoms with Gasteiger partial charge in [-0.15, -0.1) is 0 Å². The number of nitrogens with zero attached hydrogens (tertiary/aromatic N) is 2. The minimum absolute atomic E-state index is 0.216. The van der Waals surface area contributed by atoms with Gasteiger partial charge in [0, 0.05) is 6.42 Å². The third-order valence-electron chi connectivity index (χ3n) is 2.91. The summed E-state index contributed by atoms with van der Waals surface area (Å²) in [5.74, 6) is 0.422. The SMILES string of the molecule is CCOC(=O)CCc1nc(C2(O)CCC2)no1. The Morgan fingerprint density at radius 1 is 1.59 bits per heavy atom. The molecule has 1 fully saturated rings. The van der Waals surface area contributed by atoms with E-state index in [1.807, 2.05) is 0 Å². The molecule has 0 spiro atoms. The van der Waals surface area contributed by atoms with Crippen LogP contribution in [-0.4, -0.2) is 27.8 Å². The molecule has 0 radical (unpaired) electrons. The van der Waals surface area contributed by atoms with Gasteiger partial charge in [0.25, 0.3) is 0 Å². The van der Waals surface area contributed by atoms with Crippen molar-refractivity contribution in [3.8, 4) is 0 Å². The lowest BCUT2D eigenvalue weighted by molar-refractivity contribution is -0.143. The second-order valence-electron chi connectivity index (χ2n) is 4.20. The number of aliphatic hydroxyl groups is 1. The third kappa shape index (κ3) is 2.63. The van der Waals surface area contributed by atoms with Crippen molar-refractivity contribution >= 4 is 5.97 Å². The Balaban J connectivity index is 1.88. The second-order valence-corrected chi connectivity index (χ2v) is 4.20. The van der Waals surface area contributed by atoms with Crippen molar-refractivity contribution in [1.29, 1.82) is 0 Å². The molecule has 0 unspecified atom stereocenters. The van der Waals surface area contributed by atoms with Crippen LogP contribution in [0.3, 0.4) is 0 Å². The van der Waals surface area contributed by atoms with Crippen LogP contribution in [-0.2, 0) is 21.6 Å². The van der Waals surface area contributed by atoms with Gasteiger partial charge in [0.15, 0.2) is 0 Å². The van der Waals surface area contributed by atoms with E-state index in [1.165, 1.54) is 0 Å². The first-order valence-electron chi connectivity index (χ1n) is 5.85. The van der Waals surface area contributed by atoms with E-state index in [1.54, 1.807) is 6.92 Å². The average molecular weight is 240 g/mol. The molecule has 0 amide bonds. The van der Waals surface area contributed by atoms with Crippen molar-refractivity contribution in [2.24, 2.45) is 0 Å². The number of rotatable bonds is 5. The highest BCUT2D eigenvalue weighted by Crippen LogP contribution is 2.39. The first kappa shape index (κ1) is 12.0. The molecule has 0 aliphatic heterocycles. The minimum Gasteiger partial charge on any atom is -0.466 e. The first-order chi connectivity index (χ1) is 8.14. The van der Waals surface area contributed by atoms with Crippen LogP contribution in [0.15, 0.2) is 4.52 Å². The molecule has 6 nitrogen and oxygen atoms in total. The van der Waals surface area contributed by atoms with Crippen molar-refractivity contribution in [3.63, 3.8) is 0 Å². The summed E-state index contributed by atoms with van der Waals surface area (Å²) >= 11 is 0. The van der Waals surface area contributed by atoms with Gasteiger partial charge in [-0.25, -0.2) is 0 Å². The fraction of sp³-hybridized carbons (Fsp3) is 0.727. The topological polar surface area (TPSA) is 85.5 Å². The Hall–Kier alpha value is -1.43. The van der Waals surface area contributed by atoms with Crippen LogP contribution >= 0.6 is 0 Å². The molecule has 1 aromatic rings. The number of hydrogen-bond donors (Lipinski definition) is 1. The van der Waals surface area contributed by atoms with Gasteiger partial charge in [0.05, 0.1) is 13.0 Å². The van der Waals surface area contributed by atoms with Crippen molar-refractivity contribution in [3.05, 3.63) is 11.7 Å². The first-order valence-corrected chi connectivity index (χ1v) is 5.85. The lowest BCUT2D eigenvalue weighted by atomic mass is 9.80. The van der Waals surface area contributed by atoms with E-state index in [2.05, 4.69) is 10.1 Å². The van der Waals surface area contributed by atoms with Crippen molar-refractivity contribution in [1.82, 2.24) is 10.1 Å². The lowest BCUT2D eigenvalue weighted by Crippen LogP contribution is -2.34. The van der Waals surface area contributed by atoms with E-state index in [0.29, 0.717) is 37.6 Å². The Kier molecular flexibility index (Phi) is 3.42. The van der Waals surface area contributed by atoms with Gasteiger partial charge in [-0.3, -0.25) is 4.79 Å². The van der Waals surface area contributed by atoms with Crippen LogP contribution in [0, 0.1) is 0 Å². The van der Waals surface area contributed by atoms with Crippen molar-refractivity contribution in [2.45, 2.75) is 44.6 Å². The minimum atomic E-state index is -0.911. The predicted octanol–water partition coefficient (Wildman–Crippen LogP) is 0.937. The molecule has 17 heavy (non-hydrogen) atoms. The summed E-state index contributed by atoms with van der Waals surface area (Å²) in [7, 11) is 0. The maximum atomic E-state index is 11.1. The molecular formula is C11H16N2O4. The fourth-order valence-electron chi connectivity index (χ4n) is 1.72. The molecule has 6 heteroatoms. The second kappa shape index (κ2) is 4.83. The monoisotopic (exact) mass is 240 g/mol. The molecule has 0 saturated heterocycles. The molecule has 0 bridgehead atoms. The quantitative estimate of drug-likeness (QED) is 0.771. The fourth-order valence-corrected chi connectivity index (χ4v) is 1.72. The largest absolute Gasteiger partial charge is 0.466 e. The van der Waals surface area contributed by atoms with Gasteiger partial charge in [0.2, 0.25) is 11.7 Å². The Labute approximate surface area is 99.0 Å². The van der Waals surface area contributed by atoms with Crippen LogP contribution in [0.1, 0.15) is 44.3 Å². The Morgan fingerprint density at radius 2 is 2.35 bits per heavy atom. The average Bonchev–Trinajstić information content (AvgIpc) is 2.72. The number of esters is 1. The molecule has 1 aliphatic rings. The smallest absolute Gasteiger partial charge is 0.306 e. The molecule has 1 heterocycles. The number of hydrogen-bond acceptors (Lipinski definition) is 6. The van der Waals surface area contributed by atoms with Crippen LogP contribution in [0.4, 0.5) is 0 Å². The number of carbonyl (C=O) groups excluding carboxylic acids is 1. The summed E-state index contributed by atoms with van der Waals surface area (Å²) in [4.78, 5) is 15.2. The predicted molar refractivity (Wildman–Crippen MR) is 57.0 cm³/mol. The Morgan fingerprint density at radius 3 is 2.94 bits per heavy atom. The maximum absolute atomic E-state index is 11.1. The highest BCUT2D eigenvalue weighted by molar-refractivity contribution is 5.69.